The fraction of sp³-hybridized carbons (Fsp3) is 0.867. The average Bonchev–Trinajstić information content (AvgIpc) is 2.08. The van der Waals surface area contributed by atoms with E-state index < -0.39 is 16.6 Å². The Hall–Kier alpha value is -0.0662. The van der Waals surface area contributed by atoms with Crippen molar-refractivity contribution in [3.8, 4) is 0 Å². The highest BCUT2D eigenvalue weighted by Crippen LogP contribution is 2.43. The van der Waals surface area contributed by atoms with Crippen LogP contribution in [-0.2, 0) is 8.85 Å². The number of hydrogen-bond acceptors (Lipinski definition) is 2. The third-order valence-electron chi connectivity index (χ3n) is 4.09. The van der Waals surface area contributed by atoms with Gasteiger partial charge in [0.1, 0.15) is 0 Å². The van der Waals surface area contributed by atoms with E-state index in [-0.39, 0.29) is 10.5 Å². The van der Waals surface area contributed by atoms with Crippen LogP contribution in [0, 0.1) is 5.41 Å². The molecule has 4 heteroatoms. The monoisotopic (exact) mass is 300 g/mol. The Morgan fingerprint density at radius 2 is 1.63 bits per heavy atom. The van der Waals surface area contributed by atoms with Gasteiger partial charge in [-0.3, -0.25) is 0 Å². The predicted molar refractivity (Wildman–Crippen MR) is 88.4 cm³/mol. The van der Waals surface area contributed by atoms with Crippen LogP contribution in [0.1, 0.15) is 34.1 Å². The molecule has 0 aromatic heterocycles. The Bertz CT molecular complexity index is 361. The smallest absolute Gasteiger partial charge is 0.241 e. The normalized spacial score (nSPS) is 24.8. The Morgan fingerprint density at radius 3 is 2.00 bits per heavy atom. The molecule has 0 bridgehead atoms. The minimum absolute atomic E-state index is 0.185. The molecule has 1 atom stereocenters. The summed E-state index contributed by atoms with van der Waals surface area (Å²) in [4.78, 5) is 0. The maximum absolute atomic E-state index is 6.33. The van der Waals surface area contributed by atoms with E-state index in [9.17, 15) is 0 Å². The first-order valence-corrected chi connectivity index (χ1v) is 13.6. The van der Waals surface area contributed by atoms with Gasteiger partial charge in [-0.1, -0.05) is 27.7 Å². The minimum Gasteiger partial charge on any atom is -0.548 e. The summed E-state index contributed by atoms with van der Waals surface area (Å²) in [5.74, 6) is 1.18. The van der Waals surface area contributed by atoms with E-state index in [4.69, 9.17) is 8.85 Å². The molecule has 19 heavy (non-hydrogen) atoms. The first-order chi connectivity index (χ1) is 8.24. The van der Waals surface area contributed by atoms with E-state index in [1.54, 1.807) is 0 Å². The Labute approximate surface area is 121 Å². The highest BCUT2D eigenvalue weighted by Gasteiger charge is 2.41. The Balaban J connectivity index is 2.53. The molecule has 0 N–H and O–H groups in total. The van der Waals surface area contributed by atoms with Crippen LogP contribution < -0.4 is 0 Å². The van der Waals surface area contributed by atoms with Gasteiger partial charge in [-0.05, 0) is 43.8 Å². The summed E-state index contributed by atoms with van der Waals surface area (Å²) in [6.07, 6.45) is 3.31. The highest BCUT2D eigenvalue weighted by atomic mass is 28.4. The lowest BCUT2D eigenvalue weighted by Gasteiger charge is -2.43. The van der Waals surface area contributed by atoms with Crippen LogP contribution in [0.2, 0.25) is 37.8 Å². The lowest BCUT2D eigenvalue weighted by Crippen LogP contribution is -2.45. The van der Waals surface area contributed by atoms with Crippen LogP contribution in [0.3, 0.4) is 0 Å². The third-order valence-corrected chi connectivity index (χ3v) is 9.45. The summed E-state index contributed by atoms with van der Waals surface area (Å²) >= 11 is 0. The van der Waals surface area contributed by atoms with Gasteiger partial charge in [-0.25, -0.2) is 0 Å². The van der Waals surface area contributed by atoms with E-state index in [0.29, 0.717) is 0 Å². The zero-order valence-electron chi connectivity index (χ0n) is 14.3. The molecule has 112 valence electrons. The second kappa shape index (κ2) is 5.04. The molecule has 2 nitrogen and oxygen atoms in total. The molecule has 0 aromatic carbocycles. The van der Waals surface area contributed by atoms with Crippen LogP contribution in [0.25, 0.3) is 0 Å². The van der Waals surface area contributed by atoms with Crippen molar-refractivity contribution in [1.29, 1.82) is 0 Å². The molecule has 0 heterocycles. The molecule has 0 amide bonds. The SMILES string of the molecule is CC1(CO[Si](C)(C)C(C)(C)C)C=C(O[Si](C)(C)C)C1. The zero-order chi connectivity index (χ0) is 15.1. The van der Waals surface area contributed by atoms with Gasteiger partial charge in [0.05, 0.1) is 5.76 Å². The third kappa shape index (κ3) is 4.76. The summed E-state index contributed by atoms with van der Waals surface area (Å²) in [6, 6.07) is 0. The molecule has 0 spiro atoms. The van der Waals surface area contributed by atoms with Crippen molar-refractivity contribution < 1.29 is 8.85 Å². The minimum atomic E-state index is -1.63. The quantitative estimate of drug-likeness (QED) is 0.653. The van der Waals surface area contributed by atoms with Crippen LogP contribution in [0.15, 0.2) is 11.8 Å². The molecule has 0 radical (unpaired) electrons. The molecular formula is C15H32O2Si2. The van der Waals surface area contributed by atoms with Crippen LogP contribution in [-0.4, -0.2) is 23.2 Å². The van der Waals surface area contributed by atoms with Gasteiger partial charge < -0.3 is 8.85 Å². The van der Waals surface area contributed by atoms with Crippen molar-refractivity contribution in [3.05, 3.63) is 11.8 Å². The van der Waals surface area contributed by atoms with Crippen molar-refractivity contribution in [3.63, 3.8) is 0 Å². The molecule has 0 aliphatic heterocycles. The summed E-state index contributed by atoms with van der Waals surface area (Å²) in [7, 11) is -3.07. The van der Waals surface area contributed by atoms with Crippen molar-refractivity contribution in [2.45, 2.75) is 71.9 Å². The summed E-state index contributed by atoms with van der Waals surface area (Å²) < 4.78 is 12.4. The Kier molecular flexibility index (Phi) is 4.51. The number of hydrogen-bond donors (Lipinski definition) is 0. The fourth-order valence-electron chi connectivity index (χ4n) is 1.87. The zero-order valence-corrected chi connectivity index (χ0v) is 16.3. The summed E-state index contributed by atoms with van der Waals surface area (Å²) in [5.41, 5.74) is 0.185. The van der Waals surface area contributed by atoms with Crippen molar-refractivity contribution in [2.75, 3.05) is 6.61 Å². The molecular weight excluding hydrogens is 268 g/mol. The van der Waals surface area contributed by atoms with E-state index in [1.165, 1.54) is 5.76 Å². The van der Waals surface area contributed by atoms with Gasteiger partial charge in [0.25, 0.3) is 0 Å². The highest BCUT2D eigenvalue weighted by molar-refractivity contribution is 6.74. The molecule has 1 aliphatic rings. The maximum Gasteiger partial charge on any atom is 0.241 e. The van der Waals surface area contributed by atoms with Gasteiger partial charge in [-0.15, -0.1) is 0 Å². The molecule has 0 saturated carbocycles. The second-order valence-electron chi connectivity index (χ2n) is 8.70. The maximum atomic E-state index is 6.33. The number of allylic oxidation sites excluding steroid dienone is 1. The van der Waals surface area contributed by atoms with Crippen molar-refractivity contribution in [1.82, 2.24) is 0 Å². The topological polar surface area (TPSA) is 18.5 Å². The lowest BCUT2D eigenvalue weighted by atomic mass is 9.78. The molecule has 0 saturated heterocycles. The molecule has 1 unspecified atom stereocenters. The fourth-order valence-corrected chi connectivity index (χ4v) is 3.91. The molecule has 1 aliphatic carbocycles. The van der Waals surface area contributed by atoms with Crippen LogP contribution in [0.4, 0.5) is 0 Å². The van der Waals surface area contributed by atoms with Gasteiger partial charge in [0, 0.05) is 18.4 Å². The first kappa shape index (κ1) is 17.0. The lowest BCUT2D eigenvalue weighted by molar-refractivity contribution is 0.145. The van der Waals surface area contributed by atoms with Crippen molar-refractivity contribution in [2.24, 2.45) is 5.41 Å². The Morgan fingerprint density at radius 1 is 1.16 bits per heavy atom. The van der Waals surface area contributed by atoms with Crippen molar-refractivity contribution >= 4 is 16.6 Å². The first-order valence-electron chi connectivity index (χ1n) is 7.29. The van der Waals surface area contributed by atoms with Gasteiger partial charge in [0.2, 0.25) is 8.32 Å². The largest absolute Gasteiger partial charge is 0.548 e. The standard InChI is InChI=1S/C15H32O2Si2/c1-14(2,3)19(8,9)16-12-15(4)10-13(11-15)17-18(5,6)7/h10H,11-12H2,1-9H3. The molecule has 0 fully saturated rings. The van der Waals surface area contributed by atoms with E-state index in [2.05, 4.69) is 66.5 Å². The second-order valence-corrected chi connectivity index (χ2v) is 17.9. The van der Waals surface area contributed by atoms with Crippen LogP contribution in [0.5, 0.6) is 0 Å². The molecule has 0 aromatic rings. The van der Waals surface area contributed by atoms with Crippen LogP contribution >= 0.6 is 0 Å². The van der Waals surface area contributed by atoms with E-state index in [0.717, 1.165) is 13.0 Å². The van der Waals surface area contributed by atoms with Gasteiger partial charge >= 0.3 is 0 Å². The van der Waals surface area contributed by atoms with Gasteiger partial charge in [0.15, 0.2) is 8.32 Å². The van der Waals surface area contributed by atoms with E-state index >= 15 is 0 Å². The average molecular weight is 301 g/mol. The van der Waals surface area contributed by atoms with Gasteiger partial charge in [-0.2, -0.15) is 0 Å². The number of rotatable bonds is 5. The predicted octanol–water partition coefficient (Wildman–Crippen LogP) is 5.15. The van der Waals surface area contributed by atoms with E-state index in [1.807, 2.05) is 0 Å². The molecule has 1 rings (SSSR count). The summed E-state index contributed by atoms with van der Waals surface area (Å²) in [6.45, 7) is 21.3. The summed E-state index contributed by atoms with van der Waals surface area (Å²) in [5, 5.41) is 0.286.